The Hall–Kier alpha value is -0.250. The van der Waals surface area contributed by atoms with Crippen molar-refractivity contribution in [2.45, 2.75) is 9.83 Å². The minimum Gasteiger partial charge on any atom is -0.178 e. The van der Waals surface area contributed by atoms with E-state index in [2.05, 4.69) is 78.6 Å². The van der Waals surface area contributed by atoms with Crippen molar-refractivity contribution in [1.82, 2.24) is 0 Å². The Morgan fingerprint density at radius 2 is 1.94 bits per heavy atom. The third-order valence-corrected chi connectivity index (χ3v) is 7.04. The van der Waals surface area contributed by atoms with Gasteiger partial charge in [-0.1, -0.05) is 42.5 Å². The Balaban J connectivity index is 2.00. The zero-order valence-corrected chi connectivity index (χ0v) is 11.9. The van der Waals surface area contributed by atoms with E-state index in [1.165, 1.54) is 22.1 Å². The van der Waals surface area contributed by atoms with Gasteiger partial charge < -0.3 is 0 Å². The van der Waals surface area contributed by atoms with E-state index in [9.17, 15) is 0 Å². The van der Waals surface area contributed by atoms with Gasteiger partial charge in [0.1, 0.15) is 0 Å². The highest BCUT2D eigenvalue weighted by Crippen LogP contribution is 2.50. The standard InChI is InChI=1S/C14H14S3/c15-8-11-9-16-14(17-11)13-7-3-5-10-4-1-2-6-12(10)13/h1-7,11,14-15H,8-9H2. The third-order valence-electron chi connectivity index (χ3n) is 3.03. The average molecular weight is 278 g/mol. The first-order valence-corrected chi connectivity index (χ1v) is 8.36. The van der Waals surface area contributed by atoms with Crippen molar-refractivity contribution in [2.75, 3.05) is 11.5 Å². The number of hydrogen-bond acceptors (Lipinski definition) is 3. The molecule has 0 amide bonds. The van der Waals surface area contributed by atoms with Crippen molar-refractivity contribution >= 4 is 46.9 Å². The second-order valence-electron chi connectivity index (χ2n) is 4.17. The van der Waals surface area contributed by atoms with E-state index >= 15 is 0 Å². The molecule has 0 spiro atoms. The van der Waals surface area contributed by atoms with Crippen molar-refractivity contribution in [3.05, 3.63) is 48.0 Å². The van der Waals surface area contributed by atoms with Crippen molar-refractivity contribution < 1.29 is 0 Å². The fraction of sp³-hybridized carbons (Fsp3) is 0.286. The molecule has 1 heterocycles. The molecule has 2 aromatic carbocycles. The fourth-order valence-corrected chi connectivity index (χ4v) is 5.98. The second-order valence-corrected chi connectivity index (χ2v) is 7.39. The molecule has 0 bridgehead atoms. The van der Waals surface area contributed by atoms with Crippen LogP contribution < -0.4 is 0 Å². The number of thioether (sulfide) groups is 2. The lowest BCUT2D eigenvalue weighted by Crippen LogP contribution is -2.01. The summed E-state index contributed by atoms with van der Waals surface area (Å²) in [7, 11) is 0. The number of fused-ring (bicyclic) bond motifs is 1. The van der Waals surface area contributed by atoms with Crippen LogP contribution in [-0.4, -0.2) is 16.8 Å². The van der Waals surface area contributed by atoms with Crippen LogP contribution in [0.5, 0.6) is 0 Å². The van der Waals surface area contributed by atoms with Crippen LogP contribution in [0, 0.1) is 0 Å². The Morgan fingerprint density at radius 1 is 1.12 bits per heavy atom. The maximum absolute atomic E-state index is 4.41. The largest absolute Gasteiger partial charge is 0.178 e. The van der Waals surface area contributed by atoms with Gasteiger partial charge in [-0.3, -0.25) is 0 Å². The molecule has 0 nitrogen and oxygen atoms in total. The lowest BCUT2D eigenvalue weighted by Gasteiger charge is -2.12. The van der Waals surface area contributed by atoms with Crippen LogP contribution in [-0.2, 0) is 0 Å². The van der Waals surface area contributed by atoms with E-state index in [-0.39, 0.29) is 0 Å². The molecular formula is C14H14S3. The van der Waals surface area contributed by atoms with Crippen LogP contribution >= 0.6 is 36.2 Å². The molecule has 1 saturated heterocycles. The van der Waals surface area contributed by atoms with E-state index in [0.717, 1.165) is 5.75 Å². The number of rotatable bonds is 2. The summed E-state index contributed by atoms with van der Waals surface area (Å²) >= 11 is 8.53. The van der Waals surface area contributed by atoms with E-state index in [1.807, 2.05) is 0 Å². The molecule has 88 valence electrons. The van der Waals surface area contributed by atoms with E-state index in [1.54, 1.807) is 0 Å². The smallest absolute Gasteiger partial charge is 0.0761 e. The fourth-order valence-electron chi connectivity index (χ4n) is 2.16. The summed E-state index contributed by atoms with van der Waals surface area (Å²) in [5, 5.41) is 3.45. The molecule has 1 aliphatic rings. The Labute approximate surface area is 116 Å². The summed E-state index contributed by atoms with van der Waals surface area (Å²) in [4.78, 5) is 0. The SMILES string of the molecule is SCC1CSC(c2cccc3ccccc23)S1. The third kappa shape index (κ3) is 2.33. The van der Waals surface area contributed by atoms with Gasteiger partial charge >= 0.3 is 0 Å². The highest BCUT2D eigenvalue weighted by molar-refractivity contribution is 8.20. The molecule has 0 aromatic heterocycles. The summed E-state index contributed by atoms with van der Waals surface area (Å²) < 4.78 is 0.582. The molecule has 3 rings (SSSR count). The summed E-state index contributed by atoms with van der Waals surface area (Å²) in [5.41, 5.74) is 1.47. The van der Waals surface area contributed by atoms with Crippen molar-refractivity contribution in [3.63, 3.8) is 0 Å². The van der Waals surface area contributed by atoms with Crippen LogP contribution in [0.2, 0.25) is 0 Å². The molecule has 2 unspecified atom stereocenters. The van der Waals surface area contributed by atoms with Gasteiger partial charge in [-0.2, -0.15) is 12.6 Å². The number of benzene rings is 2. The maximum atomic E-state index is 4.41. The Morgan fingerprint density at radius 3 is 2.76 bits per heavy atom. The van der Waals surface area contributed by atoms with Gasteiger partial charge in [0.25, 0.3) is 0 Å². The minimum atomic E-state index is 0.582. The van der Waals surface area contributed by atoms with Gasteiger partial charge in [0.05, 0.1) is 4.58 Å². The maximum Gasteiger partial charge on any atom is 0.0761 e. The second kappa shape index (κ2) is 5.17. The number of thiol groups is 1. The Bertz CT molecular complexity index is 518. The molecule has 3 heteroatoms. The predicted molar refractivity (Wildman–Crippen MR) is 84.4 cm³/mol. The summed E-state index contributed by atoms with van der Waals surface area (Å²) in [6, 6.07) is 15.3. The predicted octanol–water partition coefficient (Wildman–Crippen LogP) is 4.62. The van der Waals surface area contributed by atoms with Crippen LogP contribution in [0.3, 0.4) is 0 Å². The first-order chi connectivity index (χ1) is 8.38. The summed E-state index contributed by atoms with van der Waals surface area (Å²) in [6.07, 6.45) is 0. The van der Waals surface area contributed by atoms with Crippen molar-refractivity contribution in [3.8, 4) is 0 Å². The van der Waals surface area contributed by atoms with Crippen LogP contribution in [0.1, 0.15) is 10.1 Å². The van der Waals surface area contributed by atoms with Crippen molar-refractivity contribution in [1.29, 1.82) is 0 Å². The van der Waals surface area contributed by atoms with E-state index in [0.29, 0.717) is 9.83 Å². The van der Waals surface area contributed by atoms with E-state index < -0.39 is 0 Å². The molecule has 17 heavy (non-hydrogen) atoms. The topological polar surface area (TPSA) is 0 Å². The van der Waals surface area contributed by atoms with Crippen molar-refractivity contribution in [2.24, 2.45) is 0 Å². The molecule has 2 aromatic rings. The average Bonchev–Trinajstić information content (AvgIpc) is 2.87. The summed E-state index contributed by atoms with van der Waals surface area (Å²) in [6.45, 7) is 0. The molecule has 0 radical (unpaired) electrons. The molecule has 0 saturated carbocycles. The lowest BCUT2D eigenvalue weighted by atomic mass is 10.1. The normalized spacial score (nSPS) is 24.3. The zero-order chi connectivity index (χ0) is 11.7. The molecular weight excluding hydrogens is 264 g/mol. The molecule has 0 N–H and O–H groups in total. The van der Waals surface area contributed by atoms with Gasteiger partial charge in [0.2, 0.25) is 0 Å². The van der Waals surface area contributed by atoms with Gasteiger partial charge in [-0.05, 0) is 16.3 Å². The highest BCUT2D eigenvalue weighted by Gasteiger charge is 2.27. The van der Waals surface area contributed by atoms with Gasteiger partial charge in [0.15, 0.2) is 0 Å². The van der Waals surface area contributed by atoms with Crippen LogP contribution in [0.25, 0.3) is 10.8 Å². The minimum absolute atomic E-state index is 0.582. The van der Waals surface area contributed by atoms with Gasteiger partial charge in [-0.15, -0.1) is 23.5 Å². The first kappa shape index (κ1) is 11.8. The van der Waals surface area contributed by atoms with Gasteiger partial charge in [0, 0.05) is 16.8 Å². The van der Waals surface area contributed by atoms with Gasteiger partial charge in [-0.25, -0.2) is 0 Å². The van der Waals surface area contributed by atoms with E-state index in [4.69, 9.17) is 0 Å². The molecule has 1 fully saturated rings. The first-order valence-electron chi connectivity index (χ1n) is 5.74. The number of hydrogen-bond donors (Lipinski definition) is 1. The summed E-state index contributed by atoms with van der Waals surface area (Å²) in [5.74, 6) is 2.21. The Kier molecular flexibility index (Phi) is 3.59. The highest BCUT2D eigenvalue weighted by atomic mass is 32.2. The monoisotopic (exact) mass is 278 g/mol. The van der Waals surface area contributed by atoms with Crippen LogP contribution in [0.4, 0.5) is 0 Å². The lowest BCUT2D eigenvalue weighted by molar-refractivity contribution is 1.17. The zero-order valence-electron chi connectivity index (χ0n) is 9.37. The molecule has 2 atom stereocenters. The molecule has 0 aliphatic carbocycles. The quantitative estimate of drug-likeness (QED) is 0.796. The molecule has 1 aliphatic heterocycles. The van der Waals surface area contributed by atoms with Crippen LogP contribution in [0.15, 0.2) is 42.5 Å².